The molecule has 0 saturated heterocycles. The van der Waals surface area contributed by atoms with Gasteiger partial charge in [-0.15, -0.1) is 10.2 Å². The van der Waals surface area contributed by atoms with Crippen molar-refractivity contribution in [1.82, 2.24) is 20.2 Å². The van der Waals surface area contributed by atoms with Crippen molar-refractivity contribution in [3.8, 4) is 40.1 Å². The van der Waals surface area contributed by atoms with Gasteiger partial charge in [-0.3, -0.25) is 9.36 Å². The van der Waals surface area contributed by atoms with Crippen LogP contribution in [0.1, 0.15) is 5.56 Å². The minimum atomic E-state index is -0.302. The number of aromatic nitrogens is 3. The second kappa shape index (κ2) is 12.6. The molecule has 10 nitrogen and oxygen atoms in total. The number of hydrogen-bond acceptors (Lipinski definition) is 9. The Morgan fingerprint density at radius 1 is 0.895 bits per heavy atom. The van der Waals surface area contributed by atoms with E-state index < -0.39 is 0 Å². The van der Waals surface area contributed by atoms with Gasteiger partial charge in [0.15, 0.2) is 34.0 Å². The zero-order valence-corrected chi connectivity index (χ0v) is 22.2. The van der Waals surface area contributed by atoms with Crippen LogP contribution in [0.4, 0.5) is 0 Å². The van der Waals surface area contributed by atoms with Gasteiger partial charge in [0.2, 0.25) is 0 Å². The second-order valence-corrected chi connectivity index (χ2v) is 8.65. The first-order chi connectivity index (χ1) is 18.6. The molecule has 3 aromatic carbocycles. The molecule has 0 aliphatic rings. The van der Waals surface area contributed by atoms with E-state index in [2.05, 4.69) is 20.7 Å². The van der Waals surface area contributed by atoms with E-state index in [0.29, 0.717) is 39.5 Å². The lowest BCUT2D eigenvalue weighted by atomic mass is 10.2. The summed E-state index contributed by atoms with van der Waals surface area (Å²) in [5.74, 6) is 2.66. The van der Waals surface area contributed by atoms with Crippen molar-refractivity contribution in [3.05, 3.63) is 72.3 Å². The van der Waals surface area contributed by atoms with Crippen LogP contribution in [0, 0.1) is 0 Å². The number of benzene rings is 3. The molecular formula is C27H27N5O5S. The zero-order chi connectivity index (χ0) is 26.9. The number of para-hydroxylation sites is 2. The fourth-order valence-corrected chi connectivity index (χ4v) is 4.43. The Morgan fingerprint density at radius 3 is 2.37 bits per heavy atom. The summed E-state index contributed by atoms with van der Waals surface area (Å²) in [5.41, 5.74) is 4.85. The highest BCUT2D eigenvalue weighted by atomic mass is 32.2. The predicted octanol–water partition coefficient (Wildman–Crippen LogP) is 4.21. The maximum Gasteiger partial charge on any atom is 0.250 e. The second-order valence-electron chi connectivity index (χ2n) is 7.71. The lowest BCUT2D eigenvalue weighted by Crippen LogP contribution is -2.20. The largest absolute Gasteiger partial charge is 0.493 e. The molecule has 4 rings (SSSR count). The normalized spacial score (nSPS) is 10.8. The Morgan fingerprint density at radius 2 is 1.66 bits per heavy atom. The highest BCUT2D eigenvalue weighted by Gasteiger charge is 2.19. The SMILES string of the molecule is COc1ccc(-c2nnc(SCC(=O)N/N=C/c3cccc(OC)c3OC)n2-c2ccccc2)cc1OC. The molecule has 1 N–H and O–H groups in total. The maximum atomic E-state index is 12.6. The van der Waals surface area contributed by atoms with E-state index in [1.807, 2.05) is 65.2 Å². The summed E-state index contributed by atoms with van der Waals surface area (Å²) in [5, 5.41) is 13.4. The van der Waals surface area contributed by atoms with Crippen LogP contribution in [-0.4, -0.2) is 61.1 Å². The monoisotopic (exact) mass is 533 g/mol. The summed E-state index contributed by atoms with van der Waals surface area (Å²) in [6.45, 7) is 0. The number of amides is 1. The molecule has 0 radical (unpaired) electrons. The lowest BCUT2D eigenvalue weighted by Gasteiger charge is -2.12. The van der Waals surface area contributed by atoms with Crippen molar-refractivity contribution in [3.63, 3.8) is 0 Å². The molecule has 11 heteroatoms. The standard InChI is InChI=1S/C27H27N5O5S/c1-34-21-14-13-18(15-23(21)36-3)26-30-31-27(32(26)20-10-6-5-7-11-20)38-17-24(33)29-28-16-19-9-8-12-22(35-2)25(19)37-4/h5-16H,17H2,1-4H3,(H,29,33)/b28-16+. The molecular weight excluding hydrogens is 506 g/mol. The number of methoxy groups -OCH3 is 4. The summed E-state index contributed by atoms with van der Waals surface area (Å²) in [6.07, 6.45) is 1.51. The minimum absolute atomic E-state index is 0.0729. The van der Waals surface area contributed by atoms with Gasteiger partial charge in [-0.2, -0.15) is 5.10 Å². The molecule has 0 atom stereocenters. The molecule has 1 heterocycles. The fraction of sp³-hybridized carbons (Fsp3) is 0.185. The minimum Gasteiger partial charge on any atom is -0.493 e. The Bertz CT molecular complexity index is 1420. The molecule has 0 aliphatic heterocycles. The molecule has 0 aliphatic carbocycles. The van der Waals surface area contributed by atoms with E-state index in [4.69, 9.17) is 18.9 Å². The van der Waals surface area contributed by atoms with Crippen LogP contribution in [0.2, 0.25) is 0 Å². The van der Waals surface area contributed by atoms with E-state index in [-0.39, 0.29) is 11.7 Å². The van der Waals surface area contributed by atoms with Gasteiger partial charge < -0.3 is 18.9 Å². The molecule has 0 fully saturated rings. The first kappa shape index (κ1) is 26.6. The number of rotatable bonds is 11. The van der Waals surface area contributed by atoms with Crippen molar-refractivity contribution in [2.75, 3.05) is 34.2 Å². The average Bonchev–Trinajstić information content (AvgIpc) is 3.39. The van der Waals surface area contributed by atoms with Crippen molar-refractivity contribution < 1.29 is 23.7 Å². The van der Waals surface area contributed by atoms with Gasteiger partial charge in [-0.25, -0.2) is 5.43 Å². The van der Waals surface area contributed by atoms with Crippen LogP contribution >= 0.6 is 11.8 Å². The first-order valence-electron chi connectivity index (χ1n) is 11.5. The van der Waals surface area contributed by atoms with Gasteiger partial charge >= 0.3 is 0 Å². The molecule has 196 valence electrons. The summed E-state index contributed by atoms with van der Waals surface area (Å²) < 4.78 is 23.4. The first-order valence-corrected chi connectivity index (χ1v) is 12.5. The van der Waals surface area contributed by atoms with Crippen molar-refractivity contribution in [1.29, 1.82) is 0 Å². The highest BCUT2D eigenvalue weighted by molar-refractivity contribution is 7.99. The van der Waals surface area contributed by atoms with Gasteiger partial charge in [0.05, 0.1) is 40.4 Å². The number of carbonyl (C=O) groups is 1. The molecule has 1 aromatic heterocycles. The third-order valence-electron chi connectivity index (χ3n) is 5.45. The molecule has 4 aromatic rings. The zero-order valence-electron chi connectivity index (χ0n) is 21.4. The van der Waals surface area contributed by atoms with E-state index in [0.717, 1.165) is 11.3 Å². The summed E-state index contributed by atoms with van der Waals surface area (Å²) in [4.78, 5) is 12.6. The number of carbonyl (C=O) groups excluding carboxylic acids is 1. The van der Waals surface area contributed by atoms with Gasteiger partial charge in [-0.1, -0.05) is 36.0 Å². The van der Waals surface area contributed by atoms with Gasteiger partial charge in [0.25, 0.3) is 5.91 Å². The third-order valence-corrected chi connectivity index (χ3v) is 6.38. The highest BCUT2D eigenvalue weighted by Crippen LogP contribution is 2.34. The quantitative estimate of drug-likeness (QED) is 0.174. The molecule has 0 unspecified atom stereocenters. The smallest absolute Gasteiger partial charge is 0.250 e. The van der Waals surface area contributed by atoms with Crippen LogP contribution in [0.3, 0.4) is 0 Å². The molecule has 0 spiro atoms. The summed E-state index contributed by atoms with van der Waals surface area (Å²) in [6, 6.07) is 20.6. The topological polar surface area (TPSA) is 109 Å². The van der Waals surface area contributed by atoms with Gasteiger partial charge in [-0.05, 0) is 42.5 Å². The van der Waals surface area contributed by atoms with E-state index >= 15 is 0 Å². The Kier molecular flexibility index (Phi) is 8.83. The fourth-order valence-electron chi connectivity index (χ4n) is 3.69. The van der Waals surface area contributed by atoms with E-state index in [9.17, 15) is 4.79 Å². The molecule has 38 heavy (non-hydrogen) atoms. The number of nitrogens with one attached hydrogen (secondary N) is 1. The van der Waals surface area contributed by atoms with Crippen LogP contribution in [0.5, 0.6) is 23.0 Å². The van der Waals surface area contributed by atoms with Gasteiger partial charge in [0, 0.05) is 16.8 Å². The number of hydrogen-bond donors (Lipinski definition) is 1. The third kappa shape index (κ3) is 5.89. The van der Waals surface area contributed by atoms with Crippen molar-refractivity contribution in [2.45, 2.75) is 5.16 Å². The predicted molar refractivity (Wildman–Crippen MR) is 146 cm³/mol. The van der Waals surface area contributed by atoms with Crippen LogP contribution in [0.25, 0.3) is 17.1 Å². The van der Waals surface area contributed by atoms with Crippen molar-refractivity contribution in [2.24, 2.45) is 5.10 Å². The van der Waals surface area contributed by atoms with E-state index in [1.165, 1.54) is 18.0 Å². The number of thioether (sulfide) groups is 1. The Labute approximate surface area is 224 Å². The number of ether oxygens (including phenoxy) is 4. The Hall–Kier alpha value is -4.51. The molecule has 0 saturated carbocycles. The number of hydrazone groups is 1. The van der Waals surface area contributed by atoms with E-state index in [1.54, 1.807) is 34.5 Å². The van der Waals surface area contributed by atoms with Crippen LogP contribution in [0.15, 0.2) is 77.0 Å². The van der Waals surface area contributed by atoms with Crippen LogP contribution < -0.4 is 24.4 Å². The average molecular weight is 534 g/mol. The van der Waals surface area contributed by atoms with Crippen LogP contribution in [-0.2, 0) is 4.79 Å². The Balaban J connectivity index is 1.53. The molecule has 1 amide bonds. The lowest BCUT2D eigenvalue weighted by molar-refractivity contribution is -0.118. The van der Waals surface area contributed by atoms with Crippen molar-refractivity contribution >= 4 is 23.9 Å². The summed E-state index contributed by atoms with van der Waals surface area (Å²) >= 11 is 1.25. The summed E-state index contributed by atoms with van der Waals surface area (Å²) in [7, 11) is 6.27. The maximum absolute atomic E-state index is 12.6. The number of nitrogens with zero attached hydrogens (tertiary/aromatic N) is 4. The van der Waals surface area contributed by atoms with Gasteiger partial charge in [0.1, 0.15) is 0 Å². The molecule has 0 bridgehead atoms.